The van der Waals surface area contributed by atoms with Gasteiger partial charge in [-0.2, -0.15) is 26.3 Å². The second kappa shape index (κ2) is 19.8. The van der Waals surface area contributed by atoms with Crippen molar-refractivity contribution < 1.29 is 67.0 Å². The summed E-state index contributed by atoms with van der Waals surface area (Å²) < 4.78 is 139. The number of nitrogens with one attached hydrogen (secondary N) is 2. The maximum absolute atomic E-state index is 13.7. The third kappa shape index (κ3) is 13.9. The van der Waals surface area contributed by atoms with Crippen LogP contribution < -0.4 is 10.6 Å². The van der Waals surface area contributed by atoms with E-state index in [1.165, 1.54) is 17.0 Å². The number of alkyl halides is 6. The highest BCUT2D eigenvalue weighted by molar-refractivity contribution is 7.91. The van der Waals surface area contributed by atoms with Gasteiger partial charge in [-0.15, -0.1) is 0 Å². The molecule has 13 nitrogen and oxygen atoms in total. The van der Waals surface area contributed by atoms with Crippen molar-refractivity contribution in [2.24, 2.45) is 10.8 Å². The number of amides is 3. The van der Waals surface area contributed by atoms with E-state index in [9.17, 15) is 57.6 Å². The predicted octanol–water partition coefficient (Wildman–Crippen LogP) is 6.64. The number of sulfone groups is 2. The van der Waals surface area contributed by atoms with Gasteiger partial charge in [-0.1, -0.05) is 12.1 Å². The quantitative estimate of drug-likeness (QED) is 0.260. The Labute approximate surface area is 388 Å². The number of benzene rings is 2. The van der Waals surface area contributed by atoms with Crippen molar-refractivity contribution in [1.29, 1.82) is 0 Å². The number of hydrogen-bond acceptors (Lipinski definition) is 10. The van der Waals surface area contributed by atoms with Crippen molar-refractivity contribution in [3.63, 3.8) is 0 Å². The third-order valence-corrected chi connectivity index (χ3v) is 15.4. The molecule has 5 aliphatic rings. The number of carbonyl (C=O) groups is 3. The van der Waals surface area contributed by atoms with E-state index < -0.39 is 83.4 Å². The van der Waals surface area contributed by atoms with Crippen molar-refractivity contribution in [3.05, 3.63) is 69.8 Å². The van der Waals surface area contributed by atoms with Gasteiger partial charge in [0, 0.05) is 70.0 Å². The predicted molar refractivity (Wildman–Crippen MR) is 237 cm³/mol. The van der Waals surface area contributed by atoms with E-state index in [1.807, 2.05) is 0 Å². The Morgan fingerprint density at radius 2 is 1.10 bits per heavy atom. The molecule has 67 heavy (non-hydrogen) atoms. The SMILES string of the molecule is CC(C)(C)OC(=O)N[C@@H]1CC[C@](CS(C)(=O)=O)(C(=O)N2CCc3ccc(C(F)(F)F)cc3C2)C1.CS(=O)(=O)C[C@]1(C(=O)N2CCc3ccc(C(F)(F)F)cc3C2)CC[C@@H](NC2CCOCC2)C1. The van der Waals surface area contributed by atoms with Crippen LogP contribution in [0.15, 0.2) is 36.4 Å². The molecule has 3 amide bonds. The van der Waals surface area contributed by atoms with E-state index in [-0.39, 0.29) is 56.2 Å². The van der Waals surface area contributed by atoms with E-state index in [4.69, 9.17) is 9.47 Å². The molecule has 3 fully saturated rings. The minimum absolute atomic E-state index is 0.0201. The fraction of sp³-hybridized carbons (Fsp3) is 0.674. The number of fused-ring (bicyclic) bond motifs is 2. The highest BCUT2D eigenvalue weighted by atomic mass is 32.2. The summed E-state index contributed by atoms with van der Waals surface area (Å²) in [5.74, 6) is -1.30. The van der Waals surface area contributed by atoms with Gasteiger partial charge in [-0.3, -0.25) is 9.59 Å². The Bertz CT molecular complexity index is 2390. The molecule has 374 valence electrons. The van der Waals surface area contributed by atoms with Crippen LogP contribution in [-0.4, -0.2) is 119 Å². The topological polar surface area (TPSA) is 168 Å². The molecule has 0 bridgehead atoms. The highest BCUT2D eigenvalue weighted by Gasteiger charge is 2.51. The molecule has 2 aliphatic carbocycles. The molecular formula is C46H62F6N4O9S2. The number of carbonyl (C=O) groups excluding carboxylic acids is 3. The maximum Gasteiger partial charge on any atom is 0.416 e. The van der Waals surface area contributed by atoms with E-state index >= 15 is 0 Å². The molecule has 0 radical (unpaired) electrons. The van der Waals surface area contributed by atoms with Crippen LogP contribution in [0.3, 0.4) is 0 Å². The summed E-state index contributed by atoms with van der Waals surface area (Å²) in [5.41, 5.74) is -2.10. The molecule has 7 rings (SSSR count). The summed E-state index contributed by atoms with van der Waals surface area (Å²) in [4.78, 5) is 42.6. The number of rotatable bonds is 9. The lowest BCUT2D eigenvalue weighted by Crippen LogP contribution is -2.49. The second-order valence-corrected chi connectivity index (χ2v) is 24.5. The molecular weight excluding hydrogens is 931 g/mol. The zero-order valence-electron chi connectivity index (χ0n) is 38.6. The van der Waals surface area contributed by atoms with Crippen molar-refractivity contribution in [3.8, 4) is 0 Å². The molecule has 3 aliphatic heterocycles. The van der Waals surface area contributed by atoms with Gasteiger partial charge in [0.2, 0.25) is 11.8 Å². The van der Waals surface area contributed by atoms with E-state index in [0.717, 1.165) is 60.7 Å². The first kappa shape index (κ1) is 52.4. The fourth-order valence-electron chi connectivity index (χ4n) is 10.5. The Morgan fingerprint density at radius 1 is 0.672 bits per heavy atom. The molecule has 0 unspecified atom stereocenters. The molecule has 4 atom stereocenters. The largest absolute Gasteiger partial charge is 0.444 e. The normalized spacial score (nSPS) is 25.1. The average molecular weight is 993 g/mol. The van der Waals surface area contributed by atoms with Gasteiger partial charge in [-0.25, -0.2) is 21.6 Å². The van der Waals surface area contributed by atoms with Gasteiger partial charge in [0.25, 0.3) is 0 Å². The van der Waals surface area contributed by atoms with Gasteiger partial charge < -0.3 is 29.9 Å². The van der Waals surface area contributed by atoms with Crippen LogP contribution in [-0.2, 0) is 77.0 Å². The van der Waals surface area contributed by atoms with Gasteiger partial charge in [-0.05, 0) is 131 Å². The number of alkyl carbamates (subject to hydrolysis) is 1. The van der Waals surface area contributed by atoms with Crippen LogP contribution in [0.4, 0.5) is 31.1 Å². The minimum atomic E-state index is -4.50. The smallest absolute Gasteiger partial charge is 0.416 e. The summed E-state index contributed by atoms with van der Waals surface area (Å²) in [6, 6.07) is 7.06. The van der Waals surface area contributed by atoms with Crippen LogP contribution in [0.25, 0.3) is 0 Å². The average Bonchev–Trinajstić information content (AvgIpc) is 3.81. The first-order valence-electron chi connectivity index (χ1n) is 22.6. The van der Waals surface area contributed by atoms with Crippen LogP contribution in [0.1, 0.15) is 106 Å². The van der Waals surface area contributed by atoms with E-state index in [1.54, 1.807) is 25.7 Å². The highest BCUT2D eigenvalue weighted by Crippen LogP contribution is 2.44. The monoisotopic (exact) mass is 992 g/mol. The zero-order valence-corrected chi connectivity index (χ0v) is 40.2. The number of hydrogen-bond donors (Lipinski definition) is 2. The Balaban J connectivity index is 0.000000221. The van der Waals surface area contributed by atoms with Crippen molar-refractivity contribution >= 4 is 37.6 Å². The Hall–Kier alpha value is -3.95. The lowest BCUT2D eigenvalue weighted by atomic mass is 9.85. The Kier molecular flexibility index (Phi) is 15.5. The van der Waals surface area contributed by atoms with Crippen LogP contribution >= 0.6 is 0 Å². The number of ether oxygens (including phenoxy) is 2. The molecule has 21 heteroatoms. The summed E-state index contributed by atoms with van der Waals surface area (Å²) in [5, 5.41) is 6.31. The van der Waals surface area contributed by atoms with Gasteiger partial charge in [0.1, 0.15) is 25.3 Å². The molecule has 2 aromatic rings. The van der Waals surface area contributed by atoms with Gasteiger partial charge in [0.15, 0.2) is 0 Å². The molecule has 2 aromatic carbocycles. The number of nitrogens with zero attached hydrogens (tertiary/aromatic N) is 2. The van der Waals surface area contributed by atoms with Gasteiger partial charge in [0.05, 0.1) is 33.5 Å². The summed E-state index contributed by atoms with van der Waals surface area (Å²) >= 11 is 0. The van der Waals surface area contributed by atoms with Crippen molar-refractivity contribution in [2.75, 3.05) is 50.3 Å². The van der Waals surface area contributed by atoms with Crippen LogP contribution in [0.5, 0.6) is 0 Å². The van der Waals surface area contributed by atoms with Crippen molar-refractivity contribution in [1.82, 2.24) is 20.4 Å². The molecule has 2 N–H and O–H groups in total. The number of halogens is 6. The lowest BCUT2D eigenvalue weighted by molar-refractivity contribution is -0.142. The first-order chi connectivity index (χ1) is 30.9. The molecule has 0 spiro atoms. The maximum atomic E-state index is 13.7. The molecule has 2 saturated carbocycles. The summed E-state index contributed by atoms with van der Waals surface area (Å²) in [6.07, 6.45) is -2.48. The molecule has 3 heterocycles. The standard InChI is InChI=1S/C23H31F3N2O5S.C23H31F3N2O4S/c1-21(2,3)33-20(30)27-18-7-9-22(12-18,14-34(4,31)32)19(29)28-10-8-15-5-6-17(23(24,25)26)11-16(15)13-28;1-33(30,31)15-22(8-4-20(13-22)27-19-6-10-32-11-7-19)21(29)28-9-5-16-2-3-18(23(24,25)26)12-17(16)14-28/h5-6,11,18H,7-10,12-14H2,1-4H3,(H,27,30);2-3,12,19-20,27H,4-11,13-15H2,1H3/t18-,22+;20-,22+/m11/s1. The first-order valence-corrected chi connectivity index (χ1v) is 26.7. The van der Waals surface area contributed by atoms with Gasteiger partial charge >= 0.3 is 18.4 Å². The summed E-state index contributed by atoms with van der Waals surface area (Å²) in [7, 11) is -6.99. The Morgan fingerprint density at radius 3 is 1.52 bits per heavy atom. The van der Waals surface area contributed by atoms with Crippen molar-refractivity contribution in [2.45, 2.75) is 134 Å². The minimum Gasteiger partial charge on any atom is -0.444 e. The van der Waals surface area contributed by atoms with E-state index in [0.29, 0.717) is 69.4 Å². The van der Waals surface area contributed by atoms with Crippen LogP contribution in [0.2, 0.25) is 0 Å². The second-order valence-electron chi connectivity index (χ2n) is 20.2. The zero-order chi connectivity index (χ0) is 49.4. The summed E-state index contributed by atoms with van der Waals surface area (Å²) in [6.45, 7) is 7.24. The third-order valence-electron chi connectivity index (χ3n) is 13.3. The van der Waals surface area contributed by atoms with E-state index in [2.05, 4.69) is 10.6 Å². The fourth-order valence-corrected chi connectivity index (χ4v) is 13.2. The van der Waals surface area contributed by atoms with Crippen LogP contribution in [0, 0.1) is 10.8 Å². The molecule has 1 saturated heterocycles. The lowest BCUT2D eigenvalue weighted by Gasteiger charge is -2.37. The molecule has 0 aromatic heterocycles.